The third-order valence-corrected chi connectivity index (χ3v) is 8.98. The smallest absolute Gasteiger partial charge is 0.462 e. The zero-order valence-electron chi connectivity index (χ0n) is 31.2. The maximum atomic E-state index is 12.5. The Morgan fingerprint density at radius 3 is 1.63 bits per heavy atom. The first-order chi connectivity index (χ1) is 23.8. The van der Waals surface area contributed by atoms with Gasteiger partial charge in [0.05, 0.1) is 13.2 Å². The van der Waals surface area contributed by atoms with Gasteiger partial charge < -0.3 is 20.1 Å². The van der Waals surface area contributed by atoms with Gasteiger partial charge in [0.25, 0.3) is 0 Å². The van der Waals surface area contributed by atoms with Crippen LogP contribution in [0.2, 0.25) is 0 Å². The van der Waals surface area contributed by atoms with Gasteiger partial charge in [-0.25, -0.2) is 4.57 Å². The number of carbonyl (C=O) groups excluding carboxylic acids is 2. The second-order valence-electron chi connectivity index (χ2n) is 12.8. The summed E-state index contributed by atoms with van der Waals surface area (Å²) in [5, 5.41) is 0. The molecule has 0 saturated heterocycles. The molecule has 286 valence electrons. The molecule has 0 aliphatic rings. The monoisotopic (exact) mass is 713 g/mol. The van der Waals surface area contributed by atoms with E-state index in [2.05, 4.69) is 50.3 Å². The van der Waals surface area contributed by atoms with E-state index < -0.39 is 32.5 Å². The maximum Gasteiger partial charge on any atom is 0.472 e. The van der Waals surface area contributed by atoms with Crippen molar-refractivity contribution in [3.8, 4) is 0 Å². The third-order valence-electron chi connectivity index (χ3n) is 8.00. The molecule has 0 aromatic heterocycles. The highest BCUT2D eigenvalue weighted by Gasteiger charge is 2.25. The molecule has 0 aromatic carbocycles. The number of nitrogens with two attached hydrogens (primary N) is 1. The molecule has 9 nitrogen and oxygen atoms in total. The van der Waals surface area contributed by atoms with Crippen LogP contribution >= 0.6 is 7.82 Å². The summed E-state index contributed by atoms with van der Waals surface area (Å²) in [5.74, 6) is -0.851. The lowest BCUT2D eigenvalue weighted by Gasteiger charge is -2.19. The number of hydrogen-bond acceptors (Lipinski definition) is 8. The minimum atomic E-state index is -4.37. The molecule has 0 bridgehead atoms. The van der Waals surface area contributed by atoms with Crippen LogP contribution in [0.1, 0.15) is 168 Å². The number of allylic oxidation sites excluding steroid dienone is 6. The van der Waals surface area contributed by atoms with Crippen LogP contribution in [-0.2, 0) is 32.7 Å². The van der Waals surface area contributed by atoms with Gasteiger partial charge in [0.2, 0.25) is 0 Å². The van der Waals surface area contributed by atoms with E-state index in [1.54, 1.807) is 0 Å². The Hall–Kier alpha value is -1.77. The van der Waals surface area contributed by atoms with Gasteiger partial charge in [0.15, 0.2) is 6.10 Å². The zero-order chi connectivity index (χ0) is 36.1. The Morgan fingerprint density at radius 1 is 0.612 bits per heavy atom. The summed E-state index contributed by atoms with van der Waals surface area (Å²) in [6.45, 7) is 3.63. The van der Waals surface area contributed by atoms with Crippen LogP contribution in [0.5, 0.6) is 0 Å². The molecule has 0 saturated carbocycles. The molecule has 0 heterocycles. The summed E-state index contributed by atoms with van der Waals surface area (Å²) in [6.07, 6.45) is 37.4. The van der Waals surface area contributed by atoms with Crippen LogP contribution in [-0.4, -0.2) is 49.3 Å². The summed E-state index contributed by atoms with van der Waals surface area (Å²) in [7, 11) is -4.37. The normalized spacial score (nSPS) is 13.8. The fourth-order valence-corrected chi connectivity index (χ4v) is 5.82. The standard InChI is InChI=1S/C39H72NO8P/c1-3-5-7-9-11-13-15-16-17-18-19-20-22-24-26-28-30-32-39(42)48-37(36-47-49(43,44)46-34-33-40)35-45-38(41)31-29-27-25-23-21-14-12-10-8-6-4-2/h10-13,16-17,37H,3-9,14-15,18-36,40H2,1-2H3,(H,43,44)/b12-10-,13-11-,17-16-/t37-/m1/s1. The summed E-state index contributed by atoms with van der Waals surface area (Å²) in [5.41, 5.74) is 5.33. The molecule has 3 N–H and O–H groups in total. The van der Waals surface area contributed by atoms with E-state index in [9.17, 15) is 19.0 Å². The molecular formula is C39H72NO8P. The summed E-state index contributed by atoms with van der Waals surface area (Å²) < 4.78 is 32.6. The zero-order valence-corrected chi connectivity index (χ0v) is 32.1. The highest BCUT2D eigenvalue weighted by Crippen LogP contribution is 2.43. The summed E-state index contributed by atoms with van der Waals surface area (Å²) in [6, 6.07) is 0. The van der Waals surface area contributed by atoms with Crippen molar-refractivity contribution in [3.05, 3.63) is 36.5 Å². The van der Waals surface area contributed by atoms with Crippen molar-refractivity contribution in [1.29, 1.82) is 0 Å². The van der Waals surface area contributed by atoms with Crippen molar-refractivity contribution in [2.45, 2.75) is 174 Å². The molecule has 0 aliphatic heterocycles. The van der Waals surface area contributed by atoms with E-state index in [1.165, 1.54) is 57.8 Å². The molecule has 0 aliphatic carbocycles. The Bertz CT molecular complexity index is 907. The van der Waals surface area contributed by atoms with Crippen molar-refractivity contribution >= 4 is 19.8 Å². The largest absolute Gasteiger partial charge is 0.472 e. The topological polar surface area (TPSA) is 134 Å². The number of esters is 2. The minimum absolute atomic E-state index is 0.0503. The van der Waals surface area contributed by atoms with E-state index in [0.29, 0.717) is 6.42 Å². The molecule has 2 atom stereocenters. The highest BCUT2D eigenvalue weighted by molar-refractivity contribution is 7.47. The molecule has 10 heteroatoms. The lowest BCUT2D eigenvalue weighted by atomic mass is 10.1. The molecule has 0 aromatic rings. The van der Waals surface area contributed by atoms with Crippen LogP contribution < -0.4 is 5.73 Å². The van der Waals surface area contributed by atoms with Gasteiger partial charge in [-0.3, -0.25) is 18.6 Å². The van der Waals surface area contributed by atoms with Crippen molar-refractivity contribution in [3.63, 3.8) is 0 Å². The number of carbonyl (C=O) groups is 2. The second kappa shape index (κ2) is 36.0. The number of unbranched alkanes of at least 4 members (excludes halogenated alkanes) is 17. The first-order valence-electron chi connectivity index (χ1n) is 19.5. The second-order valence-corrected chi connectivity index (χ2v) is 14.2. The molecule has 1 unspecified atom stereocenters. The number of phosphoric ester groups is 1. The average molecular weight is 714 g/mol. The van der Waals surface area contributed by atoms with Crippen molar-refractivity contribution in [2.75, 3.05) is 26.4 Å². The fraction of sp³-hybridized carbons (Fsp3) is 0.795. The highest BCUT2D eigenvalue weighted by atomic mass is 31.2. The van der Waals surface area contributed by atoms with Crippen LogP contribution in [0.4, 0.5) is 0 Å². The van der Waals surface area contributed by atoms with Crippen LogP contribution in [0.25, 0.3) is 0 Å². The first kappa shape index (κ1) is 47.2. The fourth-order valence-electron chi connectivity index (χ4n) is 5.06. The van der Waals surface area contributed by atoms with Gasteiger partial charge in [0.1, 0.15) is 6.61 Å². The van der Waals surface area contributed by atoms with Crippen LogP contribution in [0.3, 0.4) is 0 Å². The van der Waals surface area contributed by atoms with Crippen molar-refractivity contribution in [2.24, 2.45) is 5.73 Å². The van der Waals surface area contributed by atoms with Crippen LogP contribution in [0, 0.1) is 0 Å². The average Bonchev–Trinajstić information content (AvgIpc) is 3.08. The maximum absolute atomic E-state index is 12.5. The lowest BCUT2D eigenvalue weighted by Crippen LogP contribution is -2.29. The first-order valence-corrected chi connectivity index (χ1v) is 21.0. The van der Waals surface area contributed by atoms with Crippen molar-refractivity contribution < 1.29 is 37.6 Å². The van der Waals surface area contributed by atoms with Crippen molar-refractivity contribution in [1.82, 2.24) is 0 Å². The Morgan fingerprint density at radius 2 is 1.08 bits per heavy atom. The predicted molar refractivity (Wildman–Crippen MR) is 201 cm³/mol. The Labute approximate surface area is 299 Å². The van der Waals surface area contributed by atoms with Gasteiger partial charge >= 0.3 is 19.8 Å². The lowest BCUT2D eigenvalue weighted by molar-refractivity contribution is -0.161. The number of ether oxygens (including phenoxy) is 2. The van der Waals surface area contributed by atoms with Gasteiger partial charge in [0, 0.05) is 19.4 Å². The Kier molecular flexibility index (Phi) is 34.7. The van der Waals surface area contributed by atoms with Gasteiger partial charge in [-0.05, 0) is 64.2 Å². The molecule has 49 heavy (non-hydrogen) atoms. The van der Waals surface area contributed by atoms with Crippen LogP contribution in [0.15, 0.2) is 36.5 Å². The molecular weight excluding hydrogens is 641 g/mol. The number of phosphoric acid groups is 1. The molecule has 0 radical (unpaired) electrons. The van der Waals surface area contributed by atoms with E-state index >= 15 is 0 Å². The van der Waals surface area contributed by atoms with E-state index in [-0.39, 0.29) is 32.6 Å². The molecule has 0 fully saturated rings. The molecule has 0 amide bonds. The summed E-state index contributed by atoms with van der Waals surface area (Å²) >= 11 is 0. The molecule has 0 spiro atoms. The quantitative estimate of drug-likeness (QED) is 0.0281. The van der Waals surface area contributed by atoms with Gasteiger partial charge in [-0.2, -0.15) is 0 Å². The van der Waals surface area contributed by atoms with Gasteiger partial charge in [-0.15, -0.1) is 0 Å². The third kappa shape index (κ3) is 35.8. The number of rotatable bonds is 36. The summed E-state index contributed by atoms with van der Waals surface area (Å²) in [4.78, 5) is 34.7. The SMILES string of the molecule is CCCC/C=C\CCCCCCCC(=O)OC[C@H](COP(=O)(O)OCCN)OC(=O)CCCCCCCCC/C=C\C/C=C\CCCCC. The Balaban J connectivity index is 4.22. The van der Waals surface area contributed by atoms with E-state index in [0.717, 1.165) is 77.0 Å². The molecule has 0 rings (SSSR count). The minimum Gasteiger partial charge on any atom is -0.462 e. The van der Waals surface area contributed by atoms with E-state index in [1.807, 2.05) is 0 Å². The number of hydrogen-bond donors (Lipinski definition) is 2. The predicted octanol–water partition coefficient (Wildman–Crippen LogP) is 10.6. The van der Waals surface area contributed by atoms with Gasteiger partial charge in [-0.1, -0.05) is 127 Å². The van der Waals surface area contributed by atoms with E-state index in [4.69, 9.17) is 24.3 Å².